The van der Waals surface area contributed by atoms with Crippen LogP contribution in [0.15, 0.2) is 54.6 Å². The van der Waals surface area contributed by atoms with Gasteiger partial charge in [-0.25, -0.2) is 9.59 Å². The third-order valence-electron chi connectivity index (χ3n) is 5.77. The molecule has 2 N–H and O–H groups in total. The molecular formula is C25H23N3O5S. The lowest BCUT2D eigenvalue weighted by Gasteiger charge is -2.28. The molecule has 0 spiro atoms. The molecule has 0 aliphatic carbocycles. The molecule has 1 atom stereocenters. The molecule has 8 nitrogen and oxygen atoms in total. The number of nitrogens with zero attached hydrogens (tertiary/aromatic N) is 1. The summed E-state index contributed by atoms with van der Waals surface area (Å²) in [4.78, 5) is 40.2. The smallest absolute Gasteiger partial charge is 0.410 e. The fraction of sp³-hybridized carbons (Fsp3) is 0.240. The molecule has 0 bridgehead atoms. The van der Waals surface area contributed by atoms with E-state index < -0.39 is 12.1 Å². The highest BCUT2D eigenvalue weighted by atomic mass is 32.1. The molecule has 2 aromatic carbocycles. The molecule has 2 aliphatic heterocycles. The van der Waals surface area contributed by atoms with Gasteiger partial charge in [-0.1, -0.05) is 30.3 Å². The molecule has 5 rings (SSSR count). The van der Waals surface area contributed by atoms with Gasteiger partial charge in [0.25, 0.3) is 5.91 Å². The predicted molar refractivity (Wildman–Crippen MR) is 127 cm³/mol. The summed E-state index contributed by atoms with van der Waals surface area (Å²) in [5, 5.41) is 7.17. The number of thiophene rings is 1. The number of esters is 1. The molecule has 0 radical (unpaired) electrons. The van der Waals surface area contributed by atoms with Crippen LogP contribution in [0.3, 0.4) is 0 Å². The Morgan fingerprint density at radius 3 is 2.74 bits per heavy atom. The molecule has 9 heteroatoms. The number of benzene rings is 2. The van der Waals surface area contributed by atoms with E-state index in [2.05, 4.69) is 10.6 Å². The Balaban J connectivity index is 1.34. The van der Waals surface area contributed by atoms with Crippen molar-refractivity contribution in [2.45, 2.75) is 26.1 Å². The summed E-state index contributed by atoms with van der Waals surface area (Å²) in [6, 6.07) is 15.9. The van der Waals surface area contributed by atoms with Gasteiger partial charge in [0.1, 0.15) is 16.9 Å². The number of hydrogen-bond donors (Lipinski definition) is 2. The van der Waals surface area contributed by atoms with Crippen LogP contribution in [0.5, 0.6) is 5.75 Å². The summed E-state index contributed by atoms with van der Waals surface area (Å²) in [5.74, 6) is -0.214. The quantitative estimate of drug-likeness (QED) is 0.429. The molecule has 0 fully saturated rings. The van der Waals surface area contributed by atoms with Gasteiger partial charge in [0.05, 0.1) is 24.3 Å². The predicted octanol–water partition coefficient (Wildman–Crippen LogP) is 4.34. The number of nitrogens with one attached hydrogen (secondary N) is 2. The van der Waals surface area contributed by atoms with E-state index in [-0.39, 0.29) is 12.0 Å². The molecule has 1 aromatic heterocycles. The Hall–Kier alpha value is -3.85. The van der Waals surface area contributed by atoms with Crippen LogP contribution >= 0.6 is 11.3 Å². The molecule has 2 aliphatic rings. The molecule has 2 amide bonds. The number of rotatable bonds is 4. The van der Waals surface area contributed by atoms with Gasteiger partial charge in [0.2, 0.25) is 0 Å². The summed E-state index contributed by atoms with van der Waals surface area (Å²) in [7, 11) is 0. The molecule has 3 aromatic rings. The second kappa shape index (κ2) is 9.18. The molecule has 0 saturated heterocycles. The van der Waals surface area contributed by atoms with Crippen molar-refractivity contribution in [3.8, 4) is 5.75 Å². The van der Waals surface area contributed by atoms with Crippen LogP contribution in [0.4, 0.5) is 9.80 Å². The zero-order chi connectivity index (χ0) is 23.7. The van der Waals surface area contributed by atoms with E-state index in [1.54, 1.807) is 54.3 Å². The second-order valence-electron chi connectivity index (χ2n) is 7.96. The summed E-state index contributed by atoms with van der Waals surface area (Å²) in [6.45, 7) is 3.05. The van der Waals surface area contributed by atoms with Crippen LogP contribution in [0.25, 0.3) is 0 Å². The first kappa shape index (κ1) is 22.0. The van der Waals surface area contributed by atoms with E-state index in [0.717, 1.165) is 21.0 Å². The minimum atomic E-state index is -0.475. The van der Waals surface area contributed by atoms with Crippen LogP contribution in [0.2, 0.25) is 0 Å². The van der Waals surface area contributed by atoms with E-state index in [9.17, 15) is 14.4 Å². The summed E-state index contributed by atoms with van der Waals surface area (Å²) in [5.41, 5.74) is 2.85. The van der Waals surface area contributed by atoms with Crippen molar-refractivity contribution in [1.29, 1.82) is 0 Å². The largest absolute Gasteiger partial charge is 0.450 e. The highest BCUT2D eigenvalue weighted by molar-refractivity contribution is 7.16. The van der Waals surface area contributed by atoms with E-state index in [1.807, 2.05) is 12.1 Å². The summed E-state index contributed by atoms with van der Waals surface area (Å²) >= 11 is 1.48. The van der Waals surface area contributed by atoms with Gasteiger partial charge in [0.15, 0.2) is 0 Å². The van der Waals surface area contributed by atoms with Crippen LogP contribution in [-0.2, 0) is 17.7 Å². The van der Waals surface area contributed by atoms with Crippen molar-refractivity contribution >= 4 is 34.3 Å². The maximum absolute atomic E-state index is 13.0. The van der Waals surface area contributed by atoms with E-state index in [4.69, 9.17) is 9.47 Å². The normalized spacial score (nSPS) is 16.6. The third-order valence-corrected chi connectivity index (χ3v) is 6.92. The summed E-state index contributed by atoms with van der Waals surface area (Å²) in [6.07, 6.45) is -0.210. The Bertz CT molecular complexity index is 1260. The van der Waals surface area contributed by atoms with Crippen LogP contribution in [0, 0.1) is 0 Å². The SMILES string of the molecule is CCOC(=O)N1CCc2c(sc3c2C(=O)N[C@H](c2cccc(OC(=O)c4ccccc4)c2)N3)C1. The number of hydrogen-bond acceptors (Lipinski definition) is 7. The molecule has 0 saturated carbocycles. The maximum atomic E-state index is 13.0. The zero-order valence-corrected chi connectivity index (χ0v) is 19.3. The van der Waals surface area contributed by atoms with Gasteiger partial charge in [-0.05, 0) is 48.7 Å². The minimum absolute atomic E-state index is 0.160. The average Bonchev–Trinajstić information content (AvgIpc) is 3.23. The van der Waals surface area contributed by atoms with Crippen molar-refractivity contribution in [2.24, 2.45) is 0 Å². The first-order valence-corrected chi connectivity index (χ1v) is 11.9. The standard InChI is InChI=1S/C25H23N3O5S/c1-2-32-25(31)28-12-11-18-19(14-28)34-23-20(18)22(29)26-21(27-23)16-9-6-10-17(13-16)33-24(30)15-7-4-3-5-8-15/h3-10,13,21,27H,2,11-12,14H2,1H3,(H,26,29)/t21-/m0/s1. The average molecular weight is 478 g/mol. The van der Waals surface area contributed by atoms with Crippen molar-refractivity contribution in [3.63, 3.8) is 0 Å². The molecule has 34 heavy (non-hydrogen) atoms. The molecular weight excluding hydrogens is 454 g/mol. The number of carbonyl (C=O) groups excluding carboxylic acids is 3. The Morgan fingerprint density at radius 1 is 1.12 bits per heavy atom. The van der Waals surface area contributed by atoms with Gasteiger partial charge >= 0.3 is 12.1 Å². The third kappa shape index (κ3) is 4.22. The van der Waals surface area contributed by atoms with Crippen LogP contribution in [-0.4, -0.2) is 36.0 Å². The summed E-state index contributed by atoms with van der Waals surface area (Å²) < 4.78 is 10.6. The Morgan fingerprint density at radius 2 is 1.94 bits per heavy atom. The Kier molecular flexibility index (Phi) is 5.93. The lowest BCUT2D eigenvalue weighted by atomic mass is 10.0. The lowest BCUT2D eigenvalue weighted by molar-refractivity contribution is 0.0733. The van der Waals surface area contributed by atoms with Crippen molar-refractivity contribution in [1.82, 2.24) is 10.2 Å². The van der Waals surface area contributed by atoms with Crippen molar-refractivity contribution in [2.75, 3.05) is 18.5 Å². The van der Waals surface area contributed by atoms with Gasteiger partial charge in [-0.3, -0.25) is 4.79 Å². The van der Waals surface area contributed by atoms with Crippen molar-refractivity contribution in [3.05, 3.63) is 81.7 Å². The monoisotopic (exact) mass is 477 g/mol. The van der Waals surface area contributed by atoms with E-state index >= 15 is 0 Å². The fourth-order valence-corrected chi connectivity index (χ4v) is 5.44. The number of fused-ring (bicyclic) bond motifs is 3. The van der Waals surface area contributed by atoms with E-state index in [0.29, 0.717) is 43.0 Å². The first-order valence-electron chi connectivity index (χ1n) is 11.0. The van der Waals surface area contributed by atoms with Crippen LogP contribution < -0.4 is 15.4 Å². The number of ether oxygens (including phenoxy) is 2. The van der Waals surface area contributed by atoms with Gasteiger partial charge in [0, 0.05) is 11.4 Å². The van der Waals surface area contributed by atoms with Crippen LogP contribution in [0.1, 0.15) is 49.8 Å². The molecule has 3 heterocycles. The first-order chi connectivity index (χ1) is 16.5. The number of carbonyl (C=O) groups is 3. The number of anilines is 1. The highest BCUT2D eigenvalue weighted by Crippen LogP contribution is 2.41. The Labute approximate surface area is 200 Å². The van der Waals surface area contributed by atoms with Gasteiger partial charge in [-0.2, -0.15) is 0 Å². The fourth-order valence-electron chi connectivity index (χ4n) is 4.15. The lowest BCUT2D eigenvalue weighted by Crippen LogP contribution is -2.39. The second-order valence-corrected chi connectivity index (χ2v) is 9.06. The zero-order valence-electron chi connectivity index (χ0n) is 18.5. The van der Waals surface area contributed by atoms with Crippen molar-refractivity contribution < 1.29 is 23.9 Å². The highest BCUT2D eigenvalue weighted by Gasteiger charge is 2.34. The number of amides is 2. The minimum Gasteiger partial charge on any atom is -0.450 e. The maximum Gasteiger partial charge on any atom is 0.410 e. The van der Waals surface area contributed by atoms with E-state index in [1.165, 1.54) is 11.3 Å². The molecule has 174 valence electrons. The topological polar surface area (TPSA) is 97.0 Å². The molecule has 0 unspecified atom stereocenters. The van der Waals surface area contributed by atoms with Gasteiger partial charge < -0.3 is 25.0 Å². The van der Waals surface area contributed by atoms with Gasteiger partial charge in [-0.15, -0.1) is 11.3 Å².